The SMILES string of the molecule is CSc1ccc(-c2ccc3n(c2=O)C[C@@H]2C[C@@H]3CN(S(=O)(=O)c3ccccc3)C2)cc1. The average Bonchev–Trinajstić information content (AvgIpc) is 2.80. The largest absolute Gasteiger partial charge is 0.311 e. The van der Waals surface area contributed by atoms with Gasteiger partial charge < -0.3 is 4.57 Å². The van der Waals surface area contributed by atoms with E-state index in [0.717, 1.165) is 22.6 Å². The Bertz CT molecular complexity index is 1270. The lowest BCUT2D eigenvalue weighted by molar-refractivity contribution is 0.186. The fraction of sp³-hybridized carbons (Fsp3) is 0.292. The van der Waals surface area contributed by atoms with Gasteiger partial charge in [0.15, 0.2) is 0 Å². The van der Waals surface area contributed by atoms with Crippen LogP contribution in [0.1, 0.15) is 18.0 Å². The van der Waals surface area contributed by atoms with Crippen molar-refractivity contribution in [2.45, 2.75) is 28.7 Å². The highest BCUT2D eigenvalue weighted by Crippen LogP contribution is 2.37. The summed E-state index contributed by atoms with van der Waals surface area (Å²) >= 11 is 1.67. The Balaban J connectivity index is 1.48. The molecule has 160 valence electrons. The van der Waals surface area contributed by atoms with Crippen LogP contribution in [0.2, 0.25) is 0 Å². The number of thioether (sulfide) groups is 1. The van der Waals surface area contributed by atoms with Gasteiger partial charge in [-0.15, -0.1) is 11.8 Å². The Morgan fingerprint density at radius 1 is 0.903 bits per heavy atom. The number of hydrogen-bond acceptors (Lipinski definition) is 4. The minimum atomic E-state index is -3.53. The van der Waals surface area contributed by atoms with Gasteiger partial charge in [0.1, 0.15) is 0 Å². The Hall–Kier alpha value is -2.35. The predicted molar refractivity (Wildman–Crippen MR) is 124 cm³/mol. The third-order valence-corrected chi connectivity index (χ3v) is 8.94. The molecular weight excluding hydrogens is 428 g/mol. The number of aromatic nitrogens is 1. The zero-order valence-electron chi connectivity index (χ0n) is 17.3. The lowest BCUT2D eigenvalue weighted by Gasteiger charge is -2.42. The molecule has 0 aliphatic carbocycles. The van der Waals surface area contributed by atoms with Gasteiger partial charge in [-0.25, -0.2) is 8.42 Å². The molecule has 1 fully saturated rings. The van der Waals surface area contributed by atoms with Crippen LogP contribution in [0.15, 0.2) is 81.3 Å². The van der Waals surface area contributed by atoms with Crippen molar-refractivity contribution in [2.75, 3.05) is 19.3 Å². The molecular formula is C24H24N2O3S2. The number of pyridine rings is 1. The molecule has 5 rings (SSSR count). The van der Waals surface area contributed by atoms with Gasteiger partial charge in [0.2, 0.25) is 10.0 Å². The summed E-state index contributed by atoms with van der Waals surface area (Å²) in [6.45, 7) is 1.42. The van der Waals surface area contributed by atoms with Gasteiger partial charge in [-0.1, -0.05) is 30.3 Å². The van der Waals surface area contributed by atoms with E-state index in [2.05, 4.69) is 0 Å². The topological polar surface area (TPSA) is 59.4 Å². The maximum atomic E-state index is 13.3. The van der Waals surface area contributed by atoms with Crippen LogP contribution in [0, 0.1) is 5.92 Å². The van der Waals surface area contributed by atoms with Crippen molar-refractivity contribution in [2.24, 2.45) is 5.92 Å². The second-order valence-electron chi connectivity index (χ2n) is 8.25. The number of nitrogens with zero attached hydrogens (tertiary/aromatic N) is 2. The van der Waals surface area contributed by atoms with Crippen LogP contribution in [0.5, 0.6) is 0 Å². The monoisotopic (exact) mass is 452 g/mol. The molecule has 2 aromatic carbocycles. The van der Waals surface area contributed by atoms with Crippen molar-refractivity contribution in [1.29, 1.82) is 0 Å². The molecule has 0 radical (unpaired) electrons. The minimum Gasteiger partial charge on any atom is -0.311 e. The minimum absolute atomic E-state index is 0.0171. The van der Waals surface area contributed by atoms with E-state index in [1.54, 1.807) is 40.3 Å². The highest BCUT2D eigenvalue weighted by atomic mass is 32.2. The third-order valence-electron chi connectivity index (χ3n) is 6.35. The van der Waals surface area contributed by atoms with E-state index >= 15 is 0 Å². The summed E-state index contributed by atoms with van der Waals surface area (Å²) in [6.07, 6.45) is 2.95. The van der Waals surface area contributed by atoms with Crippen LogP contribution in [0.3, 0.4) is 0 Å². The highest BCUT2D eigenvalue weighted by molar-refractivity contribution is 7.98. The van der Waals surface area contributed by atoms with Crippen molar-refractivity contribution < 1.29 is 8.42 Å². The summed E-state index contributed by atoms with van der Waals surface area (Å²) in [7, 11) is -3.53. The molecule has 7 heteroatoms. The summed E-state index contributed by atoms with van der Waals surface area (Å²) in [5.41, 5.74) is 2.58. The van der Waals surface area contributed by atoms with E-state index in [4.69, 9.17) is 0 Å². The van der Waals surface area contributed by atoms with Crippen molar-refractivity contribution in [3.63, 3.8) is 0 Å². The summed E-state index contributed by atoms with van der Waals surface area (Å²) in [5, 5.41) is 0. The maximum Gasteiger partial charge on any atom is 0.258 e. The number of rotatable bonds is 4. The highest BCUT2D eigenvalue weighted by Gasteiger charge is 2.39. The fourth-order valence-electron chi connectivity index (χ4n) is 4.83. The Labute approximate surface area is 186 Å². The molecule has 0 unspecified atom stereocenters. The molecule has 1 aromatic heterocycles. The molecule has 0 N–H and O–H groups in total. The van der Waals surface area contributed by atoms with Crippen molar-refractivity contribution in [1.82, 2.24) is 8.87 Å². The lowest BCUT2D eigenvalue weighted by Crippen LogP contribution is -2.49. The quantitative estimate of drug-likeness (QED) is 0.561. The first-order valence-electron chi connectivity index (χ1n) is 10.4. The van der Waals surface area contributed by atoms with Crippen LogP contribution < -0.4 is 5.56 Å². The maximum absolute atomic E-state index is 13.3. The first kappa shape index (κ1) is 20.5. The fourth-order valence-corrected chi connectivity index (χ4v) is 6.82. The first-order valence-corrected chi connectivity index (χ1v) is 13.1. The van der Waals surface area contributed by atoms with Gasteiger partial charge >= 0.3 is 0 Å². The number of benzene rings is 2. The third kappa shape index (κ3) is 3.64. The molecule has 2 aliphatic rings. The zero-order valence-corrected chi connectivity index (χ0v) is 18.9. The van der Waals surface area contributed by atoms with Gasteiger partial charge in [0, 0.05) is 41.7 Å². The second-order valence-corrected chi connectivity index (χ2v) is 11.1. The van der Waals surface area contributed by atoms with E-state index in [0.29, 0.717) is 30.1 Å². The van der Waals surface area contributed by atoms with E-state index in [1.165, 1.54) is 0 Å². The molecule has 0 spiro atoms. The van der Waals surface area contributed by atoms with Gasteiger partial charge in [0.05, 0.1) is 4.90 Å². The van der Waals surface area contributed by atoms with Crippen LogP contribution >= 0.6 is 11.8 Å². The lowest BCUT2D eigenvalue weighted by atomic mass is 9.84. The normalized spacial score (nSPS) is 20.9. The summed E-state index contributed by atoms with van der Waals surface area (Å²) in [6, 6.07) is 20.6. The van der Waals surface area contributed by atoms with Gasteiger partial charge in [0.25, 0.3) is 5.56 Å². The molecule has 5 nitrogen and oxygen atoms in total. The smallest absolute Gasteiger partial charge is 0.258 e. The van der Waals surface area contributed by atoms with E-state index < -0.39 is 10.0 Å². The second kappa shape index (κ2) is 7.97. The summed E-state index contributed by atoms with van der Waals surface area (Å²) in [4.78, 5) is 14.8. The number of fused-ring (bicyclic) bond motifs is 4. The van der Waals surface area contributed by atoms with Crippen molar-refractivity contribution in [3.05, 3.63) is 82.8 Å². The van der Waals surface area contributed by atoms with Crippen LogP contribution in [-0.2, 0) is 16.6 Å². The van der Waals surface area contributed by atoms with E-state index in [1.807, 2.05) is 53.3 Å². The Morgan fingerprint density at radius 3 is 2.35 bits per heavy atom. The molecule has 2 atom stereocenters. The van der Waals surface area contributed by atoms with Gasteiger partial charge in [-0.3, -0.25) is 4.79 Å². The molecule has 0 saturated carbocycles. The predicted octanol–water partition coefficient (Wildman–Crippen LogP) is 4.05. The molecule has 0 amide bonds. The number of piperidine rings is 1. The molecule has 3 heterocycles. The van der Waals surface area contributed by atoms with E-state index in [9.17, 15) is 13.2 Å². The van der Waals surface area contributed by atoms with E-state index in [-0.39, 0.29) is 17.4 Å². The Kier molecular flexibility index (Phi) is 5.28. The van der Waals surface area contributed by atoms with Gasteiger partial charge in [-0.05, 0) is 60.6 Å². The Morgan fingerprint density at radius 2 is 1.65 bits per heavy atom. The molecule has 2 bridgehead atoms. The van der Waals surface area contributed by atoms with Crippen LogP contribution in [0.4, 0.5) is 0 Å². The van der Waals surface area contributed by atoms with Crippen molar-refractivity contribution in [3.8, 4) is 11.1 Å². The molecule has 31 heavy (non-hydrogen) atoms. The van der Waals surface area contributed by atoms with Crippen LogP contribution in [-0.4, -0.2) is 36.6 Å². The van der Waals surface area contributed by atoms with Crippen molar-refractivity contribution >= 4 is 21.8 Å². The summed E-state index contributed by atoms with van der Waals surface area (Å²) < 4.78 is 29.8. The molecule has 1 saturated heterocycles. The first-order chi connectivity index (χ1) is 15.0. The standard InChI is InChI=1S/C24H24N2O3S2/c1-30-20-9-7-18(8-10-20)22-11-12-23-19-13-17(15-26(23)24(22)27)14-25(16-19)31(28,29)21-5-3-2-4-6-21/h2-12,17,19H,13-16H2,1H3/t17-,19-/m1/s1. The number of sulfonamides is 1. The summed E-state index contributed by atoms with van der Waals surface area (Å²) in [5.74, 6) is 0.170. The van der Waals surface area contributed by atoms with Crippen LogP contribution in [0.25, 0.3) is 11.1 Å². The molecule has 3 aromatic rings. The average molecular weight is 453 g/mol. The van der Waals surface area contributed by atoms with Gasteiger partial charge in [-0.2, -0.15) is 4.31 Å². The molecule has 2 aliphatic heterocycles. The number of hydrogen-bond donors (Lipinski definition) is 0. The zero-order chi connectivity index (χ0) is 21.6.